The summed E-state index contributed by atoms with van der Waals surface area (Å²) in [6.07, 6.45) is 3.48. The summed E-state index contributed by atoms with van der Waals surface area (Å²) in [7, 11) is 0. The average molecular weight is 251 g/mol. The van der Waals surface area contributed by atoms with Gasteiger partial charge in [-0.3, -0.25) is 4.98 Å². The highest BCUT2D eigenvalue weighted by Crippen LogP contribution is 2.15. The molecule has 0 aromatic carbocycles. The van der Waals surface area contributed by atoms with E-state index in [0.717, 1.165) is 22.8 Å². The lowest BCUT2D eigenvalue weighted by Crippen LogP contribution is -2.05. The molecule has 3 rings (SSSR count). The topological polar surface area (TPSA) is 56.5 Å². The molecule has 0 fully saturated rings. The summed E-state index contributed by atoms with van der Waals surface area (Å²) < 4.78 is 1.74. The first-order chi connectivity index (χ1) is 9.24. The van der Waals surface area contributed by atoms with Crippen molar-refractivity contribution in [2.24, 2.45) is 0 Å². The molecule has 5 nitrogen and oxygen atoms in total. The van der Waals surface area contributed by atoms with Gasteiger partial charge in [-0.2, -0.15) is 5.10 Å². The maximum Gasteiger partial charge on any atom is 0.251 e. The van der Waals surface area contributed by atoms with Gasteiger partial charge in [0.05, 0.1) is 17.1 Å². The minimum Gasteiger partial charge on any atom is -0.255 e. The summed E-state index contributed by atoms with van der Waals surface area (Å²) in [4.78, 5) is 13.1. The molecule has 3 aromatic rings. The molecule has 0 aliphatic carbocycles. The Labute approximate surface area is 111 Å². The lowest BCUT2D eigenvalue weighted by atomic mass is 10.3. The van der Waals surface area contributed by atoms with Crippen LogP contribution in [0.1, 0.15) is 11.4 Å². The van der Waals surface area contributed by atoms with Crippen molar-refractivity contribution in [3.05, 3.63) is 54.1 Å². The molecule has 0 aliphatic heterocycles. The largest absolute Gasteiger partial charge is 0.255 e. The third kappa shape index (κ3) is 2.22. The maximum absolute atomic E-state index is 4.51. The Hall–Kier alpha value is -2.56. The van der Waals surface area contributed by atoms with E-state index in [4.69, 9.17) is 0 Å². The zero-order valence-electron chi connectivity index (χ0n) is 10.8. The van der Waals surface area contributed by atoms with Crippen LogP contribution in [0, 0.1) is 13.8 Å². The van der Waals surface area contributed by atoms with E-state index in [9.17, 15) is 0 Å². The van der Waals surface area contributed by atoms with Gasteiger partial charge in [0.15, 0.2) is 0 Å². The van der Waals surface area contributed by atoms with Gasteiger partial charge in [0.1, 0.15) is 0 Å². The molecule has 0 unspecified atom stereocenters. The molecule has 0 bridgehead atoms. The SMILES string of the molecule is Cc1cc(C)n(-c2nccc(-c3ccccn3)n2)n1. The van der Waals surface area contributed by atoms with Gasteiger partial charge < -0.3 is 0 Å². The van der Waals surface area contributed by atoms with Gasteiger partial charge in [0, 0.05) is 18.1 Å². The fraction of sp³-hybridized carbons (Fsp3) is 0.143. The summed E-state index contributed by atoms with van der Waals surface area (Å²) in [5.41, 5.74) is 3.57. The average Bonchev–Trinajstić information content (AvgIpc) is 2.79. The first-order valence-electron chi connectivity index (χ1n) is 6.02. The third-order valence-corrected chi connectivity index (χ3v) is 2.77. The Morgan fingerprint density at radius 1 is 0.947 bits per heavy atom. The fourth-order valence-corrected chi connectivity index (χ4v) is 1.94. The third-order valence-electron chi connectivity index (χ3n) is 2.77. The standard InChI is InChI=1S/C14H13N5/c1-10-9-11(2)19(18-10)14-16-8-6-13(17-14)12-5-3-4-7-15-12/h3-9H,1-2H3. The molecule has 0 atom stereocenters. The number of nitrogens with zero attached hydrogens (tertiary/aromatic N) is 5. The van der Waals surface area contributed by atoms with Crippen molar-refractivity contribution >= 4 is 0 Å². The number of aromatic nitrogens is 5. The predicted molar refractivity (Wildman–Crippen MR) is 71.9 cm³/mol. The van der Waals surface area contributed by atoms with E-state index < -0.39 is 0 Å². The van der Waals surface area contributed by atoms with Gasteiger partial charge in [-0.1, -0.05) is 6.07 Å². The van der Waals surface area contributed by atoms with Gasteiger partial charge in [-0.05, 0) is 38.1 Å². The highest BCUT2D eigenvalue weighted by atomic mass is 15.4. The van der Waals surface area contributed by atoms with E-state index in [1.165, 1.54) is 0 Å². The second-order valence-corrected chi connectivity index (χ2v) is 4.30. The first-order valence-corrected chi connectivity index (χ1v) is 6.02. The quantitative estimate of drug-likeness (QED) is 0.701. The highest BCUT2D eigenvalue weighted by Gasteiger charge is 2.08. The molecule has 0 aliphatic rings. The van der Waals surface area contributed by atoms with Crippen molar-refractivity contribution in [2.75, 3.05) is 0 Å². The number of pyridine rings is 1. The smallest absolute Gasteiger partial charge is 0.251 e. The van der Waals surface area contributed by atoms with Gasteiger partial charge >= 0.3 is 0 Å². The van der Waals surface area contributed by atoms with Crippen LogP contribution in [0.4, 0.5) is 0 Å². The lowest BCUT2D eigenvalue weighted by molar-refractivity contribution is 0.774. The molecular formula is C14H13N5. The number of aryl methyl sites for hydroxylation is 2. The van der Waals surface area contributed by atoms with Crippen LogP contribution >= 0.6 is 0 Å². The predicted octanol–water partition coefficient (Wildman–Crippen LogP) is 2.34. The van der Waals surface area contributed by atoms with Crippen molar-refractivity contribution in [1.82, 2.24) is 24.7 Å². The Bertz CT molecular complexity index is 703. The molecule has 0 amide bonds. The lowest BCUT2D eigenvalue weighted by Gasteiger charge is -2.04. The van der Waals surface area contributed by atoms with Crippen molar-refractivity contribution in [1.29, 1.82) is 0 Å². The first kappa shape index (κ1) is 11.5. The van der Waals surface area contributed by atoms with Crippen molar-refractivity contribution in [2.45, 2.75) is 13.8 Å². The molecule has 3 aromatic heterocycles. The van der Waals surface area contributed by atoms with Gasteiger partial charge in [0.25, 0.3) is 5.95 Å². The molecule has 19 heavy (non-hydrogen) atoms. The fourth-order valence-electron chi connectivity index (χ4n) is 1.94. The normalized spacial score (nSPS) is 10.6. The van der Waals surface area contributed by atoms with Crippen LogP contribution in [0.25, 0.3) is 17.3 Å². The van der Waals surface area contributed by atoms with Crippen LogP contribution < -0.4 is 0 Å². The Balaban J connectivity index is 2.08. The molecule has 0 spiro atoms. The zero-order valence-corrected chi connectivity index (χ0v) is 10.8. The van der Waals surface area contributed by atoms with E-state index in [2.05, 4.69) is 20.1 Å². The number of hydrogen-bond acceptors (Lipinski definition) is 4. The van der Waals surface area contributed by atoms with Crippen molar-refractivity contribution < 1.29 is 0 Å². The van der Waals surface area contributed by atoms with Crippen LogP contribution in [0.3, 0.4) is 0 Å². The molecule has 0 saturated heterocycles. The van der Waals surface area contributed by atoms with Crippen LogP contribution in [0.2, 0.25) is 0 Å². The second kappa shape index (κ2) is 4.61. The van der Waals surface area contributed by atoms with Crippen molar-refractivity contribution in [3.63, 3.8) is 0 Å². The summed E-state index contributed by atoms with van der Waals surface area (Å²) in [5, 5.41) is 4.39. The number of hydrogen-bond donors (Lipinski definition) is 0. The summed E-state index contributed by atoms with van der Waals surface area (Å²) >= 11 is 0. The summed E-state index contributed by atoms with van der Waals surface area (Å²) in [5.74, 6) is 0.564. The van der Waals surface area contributed by atoms with E-state index in [0.29, 0.717) is 5.95 Å². The number of rotatable bonds is 2. The Morgan fingerprint density at radius 3 is 2.53 bits per heavy atom. The molecule has 0 radical (unpaired) electrons. The molecule has 3 heterocycles. The minimum atomic E-state index is 0.564. The molecule has 0 saturated carbocycles. The van der Waals surface area contributed by atoms with Crippen LogP contribution in [-0.4, -0.2) is 24.7 Å². The molecule has 5 heteroatoms. The minimum absolute atomic E-state index is 0.564. The van der Waals surface area contributed by atoms with E-state index in [-0.39, 0.29) is 0 Å². The Kier molecular flexibility index (Phi) is 2.79. The highest BCUT2D eigenvalue weighted by molar-refractivity contribution is 5.53. The van der Waals surface area contributed by atoms with Crippen LogP contribution in [-0.2, 0) is 0 Å². The van der Waals surface area contributed by atoms with Gasteiger partial charge in [-0.25, -0.2) is 14.6 Å². The van der Waals surface area contributed by atoms with Crippen LogP contribution in [0.15, 0.2) is 42.7 Å². The van der Waals surface area contributed by atoms with Gasteiger partial charge in [0.2, 0.25) is 0 Å². The maximum atomic E-state index is 4.51. The van der Waals surface area contributed by atoms with Gasteiger partial charge in [-0.15, -0.1) is 0 Å². The zero-order chi connectivity index (χ0) is 13.2. The van der Waals surface area contributed by atoms with E-state index in [1.807, 2.05) is 44.2 Å². The molecule has 94 valence electrons. The Morgan fingerprint density at radius 2 is 1.84 bits per heavy atom. The van der Waals surface area contributed by atoms with E-state index >= 15 is 0 Å². The molecule has 0 N–H and O–H groups in total. The van der Waals surface area contributed by atoms with E-state index in [1.54, 1.807) is 17.1 Å². The van der Waals surface area contributed by atoms with Crippen molar-refractivity contribution in [3.8, 4) is 17.3 Å². The summed E-state index contributed by atoms with van der Waals surface area (Å²) in [6, 6.07) is 9.58. The molecular weight excluding hydrogens is 238 g/mol. The van der Waals surface area contributed by atoms with Crippen LogP contribution in [0.5, 0.6) is 0 Å². The second-order valence-electron chi connectivity index (χ2n) is 4.30. The summed E-state index contributed by atoms with van der Waals surface area (Å²) in [6.45, 7) is 3.93. The monoisotopic (exact) mass is 251 g/mol.